The molecule has 1 atom stereocenters. The van der Waals surface area contributed by atoms with Crippen molar-refractivity contribution in [3.8, 4) is 5.75 Å². The zero-order chi connectivity index (χ0) is 19.4. The molecule has 0 aliphatic rings. The molecular formula is C20H19N3O4. The minimum absolute atomic E-state index is 0.0201. The third-order valence-corrected chi connectivity index (χ3v) is 4.31. The Morgan fingerprint density at radius 3 is 2.63 bits per heavy atom. The number of rotatable bonds is 6. The maximum Gasteiger partial charge on any atom is 0.269 e. The molecule has 2 aromatic carbocycles. The highest BCUT2D eigenvalue weighted by Crippen LogP contribution is 2.35. The van der Waals surface area contributed by atoms with Crippen molar-refractivity contribution < 1.29 is 14.8 Å². The highest BCUT2D eigenvalue weighted by molar-refractivity contribution is 5.86. The minimum atomic E-state index is -0.642. The second-order valence-electron chi connectivity index (χ2n) is 6.18. The van der Waals surface area contributed by atoms with Gasteiger partial charge in [0, 0.05) is 35.7 Å². The van der Waals surface area contributed by atoms with E-state index in [2.05, 4.69) is 10.3 Å². The normalized spacial score (nSPS) is 11.9. The molecule has 0 aliphatic carbocycles. The summed E-state index contributed by atoms with van der Waals surface area (Å²) in [4.78, 5) is 26.9. The molecule has 0 radical (unpaired) electrons. The maximum atomic E-state index is 12.2. The molecule has 3 aromatic rings. The van der Waals surface area contributed by atoms with Crippen LogP contribution in [0, 0.1) is 10.1 Å². The van der Waals surface area contributed by atoms with E-state index in [1.807, 2.05) is 19.1 Å². The fourth-order valence-electron chi connectivity index (χ4n) is 2.97. The number of carbonyl (C=O) groups is 1. The number of nitro benzene ring substituents is 1. The van der Waals surface area contributed by atoms with Crippen molar-refractivity contribution >= 4 is 22.5 Å². The summed E-state index contributed by atoms with van der Waals surface area (Å²) in [5.74, 6) is -0.186. The minimum Gasteiger partial charge on any atom is -0.505 e. The van der Waals surface area contributed by atoms with Crippen LogP contribution in [0.15, 0.2) is 54.7 Å². The average Bonchev–Trinajstić information content (AvgIpc) is 2.67. The number of pyridine rings is 1. The average molecular weight is 365 g/mol. The second-order valence-corrected chi connectivity index (χ2v) is 6.18. The zero-order valence-electron chi connectivity index (χ0n) is 14.8. The van der Waals surface area contributed by atoms with Crippen LogP contribution in [-0.4, -0.2) is 20.9 Å². The number of hydrogen-bond donors (Lipinski definition) is 2. The van der Waals surface area contributed by atoms with Crippen molar-refractivity contribution in [2.45, 2.75) is 25.8 Å². The number of hydrogen-bond acceptors (Lipinski definition) is 5. The smallest absolute Gasteiger partial charge is 0.269 e. The van der Waals surface area contributed by atoms with Gasteiger partial charge in [0.05, 0.1) is 11.0 Å². The summed E-state index contributed by atoms with van der Waals surface area (Å²) >= 11 is 0. The molecule has 2 N–H and O–H groups in total. The van der Waals surface area contributed by atoms with Crippen molar-refractivity contribution in [1.82, 2.24) is 10.3 Å². The number of nitro groups is 1. The van der Waals surface area contributed by atoms with E-state index in [4.69, 9.17) is 0 Å². The van der Waals surface area contributed by atoms with Crippen LogP contribution in [0.3, 0.4) is 0 Å². The maximum absolute atomic E-state index is 12.2. The van der Waals surface area contributed by atoms with Crippen LogP contribution >= 0.6 is 0 Å². The molecule has 7 heteroatoms. The summed E-state index contributed by atoms with van der Waals surface area (Å²) < 4.78 is 0. The van der Waals surface area contributed by atoms with E-state index in [9.17, 15) is 20.0 Å². The van der Waals surface area contributed by atoms with E-state index in [-0.39, 0.29) is 17.3 Å². The number of phenolic OH excluding ortho intramolecular Hbond substituents is 1. The van der Waals surface area contributed by atoms with Gasteiger partial charge in [-0.3, -0.25) is 19.9 Å². The molecule has 1 unspecified atom stereocenters. The Morgan fingerprint density at radius 1 is 1.22 bits per heavy atom. The third kappa shape index (κ3) is 3.87. The van der Waals surface area contributed by atoms with Gasteiger partial charge in [-0.05, 0) is 30.2 Å². The van der Waals surface area contributed by atoms with Crippen molar-refractivity contribution in [1.29, 1.82) is 0 Å². The van der Waals surface area contributed by atoms with Gasteiger partial charge in [-0.2, -0.15) is 0 Å². The quantitative estimate of drug-likeness (QED) is 0.510. The highest BCUT2D eigenvalue weighted by Gasteiger charge is 2.22. The van der Waals surface area contributed by atoms with Gasteiger partial charge < -0.3 is 10.4 Å². The summed E-state index contributed by atoms with van der Waals surface area (Å²) in [6.45, 7) is 1.90. The van der Waals surface area contributed by atoms with Crippen LogP contribution in [0.25, 0.3) is 10.9 Å². The van der Waals surface area contributed by atoms with E-state index in [0.29, 0.717) is 29.5 Å². The predicted octanol–water partition coefficient (Wildman–Crippen LogP) is 3.85. The summed E-state index contributed by atoms with van der Waals surface area (Å²) in [6.07, 6.45) is 2.61. The lowest BCUT2D eigenvalue weighted by molar-refractivity contribution is -0.384. The SMILES string of the molecule is CCCC(=O)NC(c1ccc([N+](=O)[O-])cc1)c1ccc2cccnc2c1O. The molecule has 1 aromatic heterocycles. The van der Waals surface area contributed by atoms with Crippen molar-refractivity contribution in [2.75, 3.05) is 0 Å². The Morgan fingerprint density at radius 2 is 1.96 bits per heavy atom. The van der Waals surface area contributed by atoms with Gasteiger partial charge in [-0.15, -0.1) is 0 Å². The van der Waals surface area contributed by atoms with Crippen molar-refractivity contribution in [3.05, 3.63) is 76.0 Å². The number of nitrogens with one attached hydrogen (secondary N) is 1. The number of benzene rings is 2. The van der Waals surface area contributed by atoms with Crippen LogP contribution in [0.4, 0.5) is 5.69 Å². The van der Waals surface area contributed by atoms with Gasteiger partial charge in [0.2, 0.25) is 5.91 Å². The van der Waals surface area contributed by atoms with E-state index in [1.165, 1.54) is 12.1 Å². The monoisotopic (exact) mass is 365 g/mol. The van der Waals surface area contributed by atoms with E-state index < -0.39 is 11.0 Å². The van der Waals surface area contributed by atoms with Crippen molar-refractivity contribution in [2.24, 2.45) is 0 Å². The Hall–Kier alpha value is -3.48. The number of carbonyl (C=O) groups excluding carboxylic acids is 1. The van der Waals surface area contributed by atoms with Crippen molar-refractivity contribution in [3.63, 3.8) is 0 Å². The number of aromatic nitrogens is 1. The first-order valence-electron chi connectivity index (χ1n) is 8.61. The Bertz CT molecular complexity index is 986. The molecule has 1 heterocycles. The molecule has 138 valence electrons. The van der Waals surface area contributed by atoms with E-state index >= 15 is 0 Å². The summed E-state index contributed by atoms with van der Waals surface area (Å²) in [6, 6.07) is 12.4. The summed E-state index contributed by atoms with van der Waals surface area (Å²) in [5.41, 5.74) is 1.52. The Labute approximate surface area is 155 Å². The molecule has 0 spiro atoms. The van der Waals surface area contributed by atoms with E-state index in [0.717, 1.165) is 5.39 Å². The predicted molar refractivity (Wildman–Crippen MR) is 101 cm³/mol. The van der Waals surface area contributed by atoms with Crippen LogP contribution in [0.2, 0.25) is 0 Å². The zero-order valence-corrected chi connectivity index (χ0v) is 14.8. The fraction of sp³-hybridized carbons (Fsp3) is 0.200. The molecule has 0 aliphatic heterocycles. The molecule has 0 saturated carbocycles. The molecule has 0 bridgehead atoms. The van der Waals surface area contributed by atoms with Gasteiger partial charge in [0.25, 0.3) is 5.69 Å². The fourth-order valence-corrected chi connectivity index (χ4v) is 2.97. The first-order valence-corrected chi connectivity index (χ1v) is 8.61. The van der Waals surface area contributed by atoms with Crippen LogP contribution in [-0.2, 0) is 4.79 Å². The molecule has 0 fully saturated rings. The molecule has 3 rings (SSSR count). The largest absolute Gasteiger partial charge is 0.505 e. The summed E-state index contributed by atoms with van der Waals surface area (Å²) in [7, 11) is 0. The lowest BCUT2D eigenvalue weighted by atomic mass is 9.96. The Balaban J connectivity index is 2.08. The topological polar surface area (TPSA) is 105 Å². The Kier molecular flexibility index (Phi) is 5.30. The first-order chi connectivity index (χ1) is 13.0. The molecule has 27 heavy (non-hydrogen) atoms. The van der Waals surface area contributed by atoms with Gasteiger partial charge in [-0.1, -0.05) is 25.1 Å². The van der Waals surface area contributed by atoms with Crippen LogP contribution < -0.4 is 5.32 Å². The summed E-state index contributed by atoms with van der Waals surface area (Å²) in [5, 5.41) is 25.3. The van der Waals surface area contributed by atoms with Gasteiger partial charge in [0.15, 0.2) is 0 Å². The standard InChI is InChI=1S/C20H19N3O4/c1-2-4-17(24)22-18(14-6-9-15(10-7-14)23(26)27)16-11-8-13-5-3-12-21-19(13)20(16)25/h3,5-12,18,25H,2,4H2,1H3,(H,22,24). The highest BCUT2D eigenvalue weighted by atomic mass is 16.6. The van der Waals surface area contributed by atoms with Gasteiger partial charge in [0.1, 0.15) is 11.3 Å². The molecule has 1 amide bonds. The first kappa shape index (κ1) is 18.3. The third-order valence-electron chi connectivity index (χ3n) is 4.31. The number of amides is 1. The number of phenols is 1. The van der Waals surface area contributed by atoms with Crippen LogP contribution in [0.1, 0.15) is 36.9 Å². The number of aromatic hydroxyl groups is 1. The van der Waals surface area contributed by atoms with Gasteiger partial charge >= 0.3 is 0 Å². The molecular weight excluding hydrogens is 346 g/mol. The number of fused-ring (bicyclic) bond motifs is 1. The lowest BCUT2D eigenvalue weighted by Crippen LogP contribution is -2.29. The molecule has 7 nitrogen and oxygen atoms in total. The second kappa shape index (κ2) is 7.82. The lowest BCUT2D eigenvalue weighted by Gasteiger charge is -2.21. The van der Waals surface area contributed by atoms with E-state index in [1.54, 1.807) is 30.5 Å². The number of non-ortho nitro benzene ring substituents is 1. The molecule has 0 saturated heterocycles. The van der Waals surface area contributed by atoms with Crippen LogP contribution in [0.5, 0.6) is 5.75 Å². The van der Waals surface area contributed by atoms with Gasteiger partial charge in [-0.25, -0.2) is 0 Å². The number of nitrogens with zero attached hydrogens (tertiary/aromatic N) is 2.